The van der Waals surface area contributed by atoms with Crippen molar-refractivity contribution in [2.75, 3.05) is 6.54 Å². The van der Waals surface area contributed by atoms with Crippen LogP contribution in [0, 0.1) is 5.92 Å². The zero-order chi connectivity index (χ0) is 21.2. The van der Waals surface area contributed by atoms with Gasteiger partial charge in [-0.15, -0.1) is 0 Å². The average Bonchev–Trinajstić information content (AvgIpc) is 2.61. The number of carbonyl (C=O) groups excluding carboxylic acids is 2. The molecule has 1 rings (SSSR count). The molecule has 0 aliphatic carbocycles. The maximum absolute atomic E-state index is 12.5. The summed E-state index contributed by atoms with van der Waals surface area (Å²) in [5.41, 5.74) is 0.984. The summed E-state index contributed by atoms with van der Waals surface area (Å²) in [6.45, 7) is 12.1. The predicted octanol–water partition coefficient (Wildman–Crippen LogP) is 4.19. The Balaban J connectivity index is 2.56. The molecule has 0 saturated carbocycles. The first-order valence-corrected chi connectivity index (χ1v) is 9.64. The van der Waals surface area contributed by atoms with Crippen molar-refractivity contribution in [2.24, 2.45) is 5.92 Å². The van der Waals surface area contributed by atoms with Gasteiger partial charge in [0.05, 0.1) is 5.57 Å². The lowest BCUT2D eigenvalue weighted by molar-refractivity contribution is -0.150. The maximum atomic E-state index is 12.5. The van der Waals surface area contributed by atoms with Crippen LogP contribution in [0.25, 0.3) is 0 Å². The fourth-order valence-electron chi connectivity index (χ4n) is 2.59. The summed E-state index contributed by atoms with van der Waals surface area (Å²) in [7, 11) is 0. The SMILES string of the molecule is C/C=C(/C(=O)OC(C)(C)C)C(NCC=CC(=O)OCc1ccccc1)C(C)C. The minimum Gasteiger partial charge on any atom is -0.458 e. The van der Waals surface area contributed by atoms with E-state index in [1.807, 2.05) is 71.9 Å². The molecule has 0 saturated heterocycles. The third kappa shape index (κ3) is 9.00. The Labute approximate surface area is 168 Å². The standard InChI is InChI=1S/C23H33NO4/c1-7-19(22(26)28-23(4,5)6)21(17(2)3)24-15-11-14-20(25)27-16-18-12-9-8-10-13-18/h7-14,17,21,24H,15-16H2,1-6H3/b14-11?,19-7+. The molecule has 0 aromatic heterocycles. The quantitative estimate of drug-likeness (QED) is 0.508. The van der Waals surface area contributed by atoms with Gasteiger partial charge in [-0.25, -0.2) is 9.59 Å². The van der Waals surface area contributed by atoms with Crippen molar-refractivity contribution in [3.05, 3.63) is 59.7 Å². The van der Waals surface area contributed by atoms with Crippen LogP contribution in [-0.2, 0) is 25.7 Å². The van der Waals surface area contributed by atoms with Crippen molar-refractivity contribution in [3.63, 3.8) is 0 Å². The number of carbonyl (C=O) groups is 2. The molecule has 0 bridgehead atoms. The Morgan fingerprint density at radius 2 is 1.79 bits per heavy atom. The smallest absolute Gasteiger partial charge is 0.335 e. The summed E-state index contributed by atoms with van der Waals surface area (Å²) in [5, 5.41) is 3.30. The molecular formula is C23H33NO4. The molecule has 0 fully saturated rings. The van der Waals surface area contributed by atoms with Gasteiger partial charge in [0.15, 0.2) is 0 Å². The molecule has 0 amide bonds. The molecule has 28 heavy (non-hydrogen) atoms. The largest absolute Gasteiger partial charge is 0.458 e. The topological polar surface area (TPSA) is 64.6 Å². The minimum atomic E-state index is -0.546. The van der Waals surface area contributed by atoms with E-state index >= 15 is 0 Å². The van der Waals surface area contributed by atoms with Crippen molar-refractivity contribution in [1.29, 1.82) is 0 Å². The van der Waals surface area contributed by atoms with Crippen molar-refractivity contribution in [3.8, 4) is 0 Å². The minimum absolute atomic E-state index is 0.176. The van der Waals surface area contributed by atoms with Gasteiger partial charge in [-0.1, -0.05) is 56.3 Å². The summed E-state index contributed by atoms with van der Waals surface area (Å²) < 4.78 is 10.7. The second kappa shape index (κ2) is 11.4. The van der Waals surface area contributed by atoms with Gasteiger partial charge in [0.1, 0.15) is 12.2 Å². The van der Waals surface area contributed by atoms with E-state index in [-0.39, 0.29) is 24.5 Å². The van der Waals surface area contributed by atoms with Crippen LogP contribution >= 0.6 is 0 Å². The summed E-state index contributed by atoms with van der Waals surface area (Å²) in [6, 6.07) is 9.35. The Kier molecular flexibility index (Phi) is 9.66. The van der Waals surface area contributed by atoms with Crippen LogP contribution in [0.1, 0.15) is 47.1 Å². The number of benzene rings is 1. The molecule has 0 spiro atoms. The number of hydrogen-bond acceptors (Lipinski definition) is 5. The van der Waals surface area contributed by atoms with Gasteiger partial charge < -0.3 is 14.8 Å². The number of ether oxygens (including phenoxy) is 2. The highest BCUT2D eigenvalue weighted by Gasteiger charge is 2.27. The molecule has 1 atom stereocenters. The van der Waals surface area contributed by atoms with Gasteiger partial charge in [0, 0.05) is 18.7 Å². The lowest BCUT2D eigenvalue weighted by Crippen LogP contribution is -2.40. The molecule has 1 aromatic rings. The van der Waals surface area contributed by atoms with Crippen molar-refractivity contribution >= 4 is 11.9 Å². The first-order valence-electron chi connectivity index (χ1n) is 9.64. The van der Waals surface area contributed by atoms with Crippen LogP contribution in [0.5, 0.6) is 0 Å². The molecule has 5 nitrogen and oxygen atoms in total. The lowest BCUT2D eigenvalue weighted by Gasteiger charge is -2.27. The van der Waals surface area contributed by atoms with Crippen LogP contribution in [0.4, 0.5) is 0 Å². The first-order chi connectivity index (χ1) is 13.1. The molecule has 0 heterocycles. The first kappa shape index (κ1) is 23.6. The molecule has 1 N–H and O–H groups in total. The Bertz CT molecular complexity index is 684. The summed E-state index contributed by atoms with van der Waals surface area (Å²) in [6.07, 6.45) is 4.88. The van der Waals surface area contributed by atoms with Crippen LogP contribution in [0.2, 0.25) is 0 Å². The van der Waals surface area contributed by atoms with Crippen molar-refractivity contribution < 1.29 is 19.1 Å². The summed E-state index contributed by atoms with van der Waals surface area (Å²) in [5.74, 6) is -0.547. The molecule has 5 heteroatoms. The third-order valence-corrected chi connectivity index (χ3v) is 3.88. The second-order valence-corrected chi connectivity index (χ2v) is 7.87. The third-order valence-electron chi connectivity index (χ3n) is 3.88. The van der Waals surface area contributed by atoms with E-state index in [1.54, 1.807) is 12.2 Å². The van der Waals surface area contributed by atoms with E-state index < -0.39 is 11.6 Å². The Morgan fingerprint density at radius 1 is 1.14 bits per heavy atom. The number of hydrogen-bond donors (Lipinski definition) is 1. The Hall–Kier alpha value is -2.40. The maximum Gasteiger partial charge on any atom is 0.335 e. The number of esters is 2. The number of nitrogens with one attached hydrogen (secondary N) is 1. The van der Waals surface area contributed by atoms with Crippen LogP contribution in [0.15, 0.2) is 54.1 Å². The lowest BCUT2D eigenvalue weighted by atomic mass is 9.95. The van der Waals surface area contributed by atoms with Gasteiger partial charge in [0.25, 0.3) is 0 Å². The zero-order valence-corrected chi connectivity index (χ0v) is 17.8. The van der Waals surface area contributed by atoms with E-state index in [1.165, 1.54) is 6.08 Å². The highest BCUT2D eigenvalue weighted by molar-refractivity contribution is 5.90. The average molecular weight is 388 g/mol. The van der Waals surface area contributed by atoms with Gasteiger partial charge in [-0.2, -0.15) is 0 Å². The Morgan fingerprint density at radius 3 is 2.32 bits per heavy atom. The monoisotopic (exact) mass is 387 g/mol. The van der Waals surface area contributed by atoms with E-state index in [0.29, 0.717) is 12.1 Å². The normalized spacial score (nSPS) is 13.6. The van der Waals surface area contributed by atoms with Crippen LogP contribution in [0.3, 0.4) is 0 Å². The highest BCUT2D eigenvalue weighted by Crippen LogP contribution is 2.18. The molecule has 0 aliphatic heterocycles. The van der Waals surface area contributed by atoms with E-state index in [9.17, 15) is 9.59 Å². The second-order valence-electron chi connectivity index (χ2n) is 7.87. The van der Waals surface area contributed by atoms with Crippen LogP contribution in [-0.4, -0.2) is 30.1 Å². The number of allylic oxidation sites excluding steroid dienone is 1. The predicted molar refractivity (Wildman–Crippen MR) is 112 cm³/mol. The van der Waals surface area contributed by atoms with Crippen LogP contribution < -0.4 is 5.32 Å². The molecule has 1 unspecified atom stereocenters. The summed E-state index contributed by atoms with van der Waals surface area (Å²) in [4.78, 5) is 24.3. The van der Waals surface area contributed by atoms with Gasteiger partial charge in [0.2, 0.25) is 0 Å². The van der Waals surface area contributed by atoms with Crippen molar-refractivity contribution in [2.45, 2.75) is 59.8 Å². The van der Waals surface area contributed by atoms with E-state index in [0.717, 1.165) is 5.56 Å². The van der Waals surface area contributed by atoms with Gasteiger partial charge >= 0.3 is 11.9 Å². The van der Waals surface area contributed by atoms with Crippen molar-refractivity contribution in [1.82, 2.24) is 5.32 Å². The summed E-state index contributed by atoms with van der Waals surface area (Å²) >= 11 is 0. The van der Waals surface area contributed by atoms with Gasteiger partial charge in [-0.3, -0.25) is 0 Å². The fraction of sp³-hybridized carbons (Fsp3) is 0.478. The number of rotatable bonds is 9. The zero-order valence-electron chi connectivity index (χ0n) is 17.8. The molecule has 1 aromatic carbocycles. The molecular weight excluding hydrogens is 354 g/mol. The molecule has 0 aliphatic rings. The highest BCUT2D eigenvalue weighted by atomic mass is 16.6. The van der Waals surface area contributed by atoms with E-state index in [4.69, 9.17) is 9.47 Å². The van der Waals surface area contributed by atoms with Gasteiger partial charge in [-0.05, 0) is 39.2 Å². The molecule has 0 radical (unpaired) electrons. The van der Waals surface area contributed by atoms with E-state index in [2.05, 4.69) is 5.32 Å². The molecule has 154 valence electrons. The fourth-order valence-corrected chi connectivity index (χ4v) is 2.59.